The first-order valence-electron chi connectivity index (χ1n) is 7.53. The molecule has 1 aliphatic rings. The molecule has 0 saturated heterocycles. The molecule has 1 aliphatic carbocycles. The van der Waals surface area contributed by atoms with Gasteiger partial charge >= 0.3 is 8.80 Å². The zero-order chi connectivity index (χ0) is 14.1. The van der Waals surface area contributed by atoms with Crippen molar-refractivity contribution in [3.05, 3.63) is 23.8 Å². The van der Waals surface area contributed by atoms with E-state index in [-0.39, 0.29) is 5.54 Å². The van der Waals surface area contributed by atoms with Crippen LogP contribution in [0.2, 0.25) is 5.54 Å². The van der Waals surface area contributed by atoms with Crippen molar-refractivity contribution in [1.82, 2.24) is 0 Å². The van der Waals surface area contributed by atoms with Crippen LogP contribution in [0, 0.1) is 0 Å². The van der Waals surface area contributed by atoms with E-state index in [4.69, 9.17) is 13.3 Å². The van der Waals surface area contributed by atoms with Crippen molar-refractivity contribution in [1.29, 1.82) is 0 Å². The Morgan fingerprint density at radius 3 is 2.05 bits per heavy atom. The minimum atomic E-state index is -2.61. The van der Waals surface area contributed by atoms with Gasteiger partial charge in [-0.2, -0.15) is 0 Å². The molecule has 0 aromatic heterocycles. The fourth-order valence-corrected chi connectivity index (χ4v) is 5.14. The third-order valence-electron chi connectivity index (χ3n) is 3.18. The summed E-state index contributed by atoms with van der Waals surface area (Å²) in [7, 11) is -2.61. The van der Waals surface area contributed by atoms with Crippen molar-refractivity contribution < 1.29 is 13.3 Å². The standard InChI is InChI=1S/C15H28O3Si/c1-5-9-10-14-11-12-15(13-14)19(16-6-2,17-7-3)18-8-4/h11-13,15H,5-10H2,1-4H3. The summed E-state index contributed by atoms with van der Waals surface area (Å²) >= 11 is 0. The molecular weight excluding hydrogens is 256 g/mol. The molecule has 1 atom stereocenters. The average Bonchev–Trinajstić information content (AvgIpc) is 2.86. The van der Waals surface area contributed by atoms with Gasteiger partial charge in [-0.1, -0.05) is 37.1 Å². The SMILES string of the molecule is CCCCC1=CC([Si](OCC)(OCC)OCC)C=C1. The van der Waals surface area contributed by atoms with Crippen LogP contribution in [0.25, 0.3) is 0 Å². The van der Waals surface area contributed by atoms with Crippen LogP contribution in [0.3, 0.4) is 0 Å². The Hall–Kier alpha value is -0.423. The smallest absolute Gasteiger partial charge is 0.373 e. The van der Waals surface area contributed by atoms with Crippen LogP contribution in [-0.2, 0) is 13.3 Å². The molecule has 0 aromatic rings. The summed E-state index contributed by atoms with van der Waals surface area (Å²) in [5, 5.41) is 0. The molecule has 0 amide bonds. The molecule has 0 radical (unpaired) electrons. The Balaban J connectivity index is 2.80. The van der Waals surface area contributed by atoms with E-state index in [1.165, 1.54) is 18.4 Å². The lowest BCUT2D eigenvalue weighted by atomic mass is 10.1. The van der Waals surface area contributed by atoms with Gasteiger partial charge in [0.2, 0.25) is 0 Å². The Bertz CT molecular complexity index is 295. The van der Waals surface area contributed by atoms with Gasteiger partial charge in [-0.05, 0) is 33.6 Å². The van der Waals surface area contributed by atoms with E-state index < -0.39 is 8.80 Å². The van der Waals surface area contributed by atoms with Crippen molar-refractivity contribution in [2.45, 2.75) is 52.5 Å². The molecule has 0 saturated carbocycles. The first-order chi connectivity index (χ1) is 9.22. The quantitative estimate of drug-likeness (QED) is 0.565. The number of hydrogen-bond acceptors (Lipinski definition) is 3. The Morgan fingerprint density at radius 1 is 1.00 bits per heavy atom. The van der Waals surface area contributed by atoms with Crippen LogP contribution in [0.15, 0.2) is 23.8 Å². The van der Waals surface area contributed by atoms with Crippen molar-refractivity contribution in [3.63, 3.8) is 0 Å². The first-order valence-corrected chi connectivity index (χ1v) is 9.33. The van der Waals surface area contributed by atoms with Gasteiger partial charge in [0.25, 0.3) is 0 Å². The van der Waals surface area contributed by atoms with E-state index in [1.54, 1.807) is 0 Å². The summed E-state index contributed by atoms with van der Waals surface area (Å²) in [6, 6.07) is 0. The molecule has 0 N–H and O–H groups in total. The minimum Gasteiger partial charge on any atom is -0.373 e. The van der Waals surface area contributed by atoms with Crippen LogP contribution < -0.4 is 0 Å². The van der Waals surface area contributed by atoms with Crippen LogP contribution in [0.1, 0.15) is 47.0 Å². The lowest BCUT2D eigenvalue weighted by Gasteiger charge is -2.31. The molecule has 0 spiro atoms. The summed E-state index contributed by atoms with van der Waals surface area (Å²) in [5.74, 6) is 0. The fraction of sp³-hybridized carbons (Fsp3) is 0.733. The van der Waals surface area contributed by atoms with Gasteiger partial charge in [-0.15, -0.1) is 0 Å². The molecule has 1 unspecified atom stereocenters. The van der Waals surface area contributed by atoms with Gasteiger partial charge in [0.15, 0.2) is 0 Å². The predicted molar refractivity (Wildman–Crippen MR) is 81.1 cm³/mol. The normalized spacial score (nSPS) is 18.9. The molecular formula is C15H28O3Si. The van der Waals surface area contributed by atoms with E-state index in [0.717, 1.165) is 6.42 Å². The molecule has 4 heteroatoms. The van der Waals surface area contributed by atoms with E-state index in [2.05, 4.69) is 25.2 Å². The molecule has 0 fully saturated rings. The second-order valence-corrected chi connectivity index (χ2v) is 7.37. The maximum atomic E-state index is 5.95. The molecule has 3 nitrogen and oxygen atoms in total. The van der Waals surface area contributed by atoms with Gasteiger partial charge in [0.1, 0.15) is 0 Å². The topological polar surface area (TPSA) is 27.7 Å². The summed E-state index contributed by atoms with van der Waals surface area (Å²) in [6.07, 6.45) is 10.3. The van der Waals surface area contributed by atoms with E-state index in [9.17, 15) is 0 Å². The maximum Gasteiger partial charge on any atom is 0.512 e. The Morgan fingerprint density at radius 2 is 1.58 bits per heavy atom. The Kier molecular flexibility index (Phi) is 7.61. The predicted octanol–water partition coefficient (Wildman–Crippen LogP) is 4.09. The lowest BCUT2D eigenvalue weighted by Crippen LogP contribution is -2.49. The second kappa shape index (κ2) is 8.69. The van der Waals surface area contributed by atoms with E-state index in [1.807, 2.05) is 20.8 Å². The fourth-order valence-electron chi connectivity index (χ4n) is 2.35. The number of allylic oxidation sites excluding steroid dienone is 4. The van der Waals surface area contributed by atoms with Crippen LogP contribution >= 0.6 is 0 Å². The summed E-state index contributed by atoms with van der Waals surface area (Å²) < 4.78 is 17.8. The number of rotatable bonds is 10. The van der Waals surface area contributed by atoms with Crippen molar-refractivity contribution in [3.8, 4) is 0 Å². The molecule has 0 heterocycles. The zero-order valence-corrected chi connectivity index (χ0v) is 13.8. The van der Waals surface area contributed by atoms with Crippen molar-refractivity contribution in [2.24, 2.45) is 0 Å². The number of hydrogen-bond donors (Lipinski definition) is 0. The van der Waals surface area contributed by atoms with Gasteiger partial charge in [0.05, 0.1) is 5.54 Å². The van der Waals surface area contributed by atoms with Gasteiger partial charge in [-0.25, -0.2) is 0 Å². The third kappa shape index (κ3) is 4.56. The third-order valence-corrected chi connectivity index (χ3v) is 6.42. The first kappa shape index (κ1) is 16.6. The van der Waals surface area contributed by atoms with E-state index >= 15 is 0 Å². The van der Waals surface area contributed by atoms with Crippen LogP contribution in [0.4, 0.5) is 0 Å². The lowest BCUT2D eigenvalue weighted by molar-refractivity contribution is 0.0691. The highest BCUT2D eigenvalue weighted by Gasteiger charge is 2.48. The molecule has 0 bridgehead atoms. The largest absolute Gasteiger partial charge is 0.512 e. The summed E-state index contributed by atoms with van der Waals surface area (Å²) in [4.78, 5) is 0. The molecule has 1 rings (SSSR count). The molecule has 0 aromatic carbocycles. The van der Waals surface area contributed by atoms with Crippen molar-refractivity contribution >= 4 is 8.80 Å². The van der Waals surface area contributed by atoms with Gasteiger partial charge in [-0.3, -0.25) is 0 Å². The number of unbranched alkanes of at least 4 members (excludes halogenated alkanes) is 1. The minimum absolute atomic E-state index is 0.180. The molecule has 19 heavy (non-hydrogen) atoms. The van der Waals surface area contributed by atoms with Crippen LogP contribution in [0.5, 0.6) is 0 Å². The average molecular weight is 284 g/mol. The van der Waals surface area contributed by atoms with Crippen LogP contribution in [-0.4, -0.2) is 28.6 Å². The summed E-state index contributed by atoms with van der Waals surface area (Å²) in [5.41, 5.74) is 1.57. The highest BCUT2D eigenvalue weighted by Crippen LogP contribution is 2.35. The monoisotopic (exact) mass is 284 g/mol. The maximum absolute atomic E-state index is 5.95. The summed E-state index contributed by atoms with van der Waals surface area (Å²) in [6.45, 7) is 10.1. The highest BCUT2D eigenvalue weighted by molar-refractivity contribution is 6.63. The second-order valence-electron chi connectivity index (χ2n) is 4.63. The molecule has 0 aliphatic heterocycles. The Labute approximate surface area is 119 Å². The molecule has 110 valence electrons. The van der Waals surface area contributed by atoms with Gasteiger partial charge < -0.3 is 13.3 Å². The van der Waals surface area contributed by atoms with E-state index in [0.29, 0.717) is 19.8 Å². The van der Waals surface area contributed by atoms with Gasteiger partial charge in [0, 0.05) is 19.8 Å². The zero-order valence-electron chi connectivity index (χ0n) is 12.8. The van der Waals surface area contributed by atoms with Crippen molar-refractivity contribution in [2.75, 3.05) is 19.8 Å². The highest BCUT2D eigenvalue weighted by atomic mass is 28.4.